The van der Waals surface area contributed by atoms with Crippen LogP contribution in [0, 0.1) is 0 Å². The first-order chi connectivity index (χ1) is 5.33. The van der Waals surface area contributed by atoms with Gasteiger partial charge in [-0.25, -0.2) is 0 Å². The number of hydrogen-bond acceptors (Lipinski definition) is 3. The van der Waals surface area contributed by atoms with Crippen LogP contribution in [0.15, 0.2) is 0 Å². The molecule has 11 heavy (non-hydrogen) atoms. The predicted octanol–water partition coefficient (Wildman–Crippen LogP) is 1.56. The minimum Gasteiger partial charge on any atom is -0.269 e. The standard InChI is InChI=1S/C7H14O3S/c1-2-9-11(8)10-7-5-3-4-6-7/h7H,2-6H2,1H3. The fourth-order valence-corrected chi connectivity index (χ4v) is 1.88. The van der Waals surface area contributed by atoms with Crippen molar-refractivity contribution in [2.24, 2.45) is 0 Å². The summed E-state index contributed by atoms with van der Waals surface area (Å²) in [6.07, 6.45) is 4.60. The molecule has 4 heteroatoms. The van der Waals surface area contributed by atoms with E-state index < -0.39 is 11.4 Å². The molecular weight excluding hydrogens is 164 g/mol. The molecule has 3 nitrogen and oxygen atoms in total. The number of hydrogen-bond donors (Lipinski definition) is 0. The van der Waals surface area contributed by atoms with Crippen LogP contribution in [-0.2, 0) is 19.7 Å². The van der Waals surface area contributed by atoms with Gasteiger partial charge >= 0.3 is 11.4 Å². The molecule has 1 aliphatic rings. The van der Waals surface area contributed by atoms with E-state index in [9.17, 15) is 4.21 Å². The fourth-order valence-electron chi connectivity index (χ4n) is 1.22. The van der Waals surface area contributed by atoms with Crippen LogP contribution in [-0.4, -0.2) is 16.9 Å². The van der Waals surface area contributed by atoms with Crippen molar-refractivity contribution < 1.29 is 12.6 Å². The largest absolute Gasteiger partial charge is 0.304 e. The summed E-state index contributed by atoms with van der Waals surface area (Å²) in [5.41, 5.74) is 0. The molecule has 1 saturated carbocycles. The van der Waals surface area contributed by atoms with Gasteiger partial charge < -0.3 is 0 Å². The third-order valence-electron chi connectivity index (χ3n) is 1.73. The second kappa shape index (κ2) is 4.85. The Bertz CT molecular complexity index is 132. The van der Waals surface area contributed by atoms with Gasteiger partial charge in [-0.2, -0.15) is 4.21 Å². The zero-order chi connectivity index (χ0) is 8.10. The molecule has 1 unspecified atom stereocenters. The third kappa shape index (κ3) is 3.31. The molecule has 1 aliphatic carbocycles. The SMILES string of the molecule is CCOS(=O)OC1CCCC1. The first-order valence-electron chi connectivity index (χ1n) is 4.05. The summed E-state index contributed by atoms with van der Waals surface area (Å²) < 4.78 is 20.7. The Labute approximate surface area is 69.9 Å². The Morgan fingerprint density at radius 2 is 2.09 bits per heavy atom. The highest BCUT2D eigenvalue weighted by Crippen LogP contribution is 2.21. The predicted molar refractivity (Wildman–Crippen MR) is 43.1 cm³/mol. The van der Waals surface area contributed by atoms with E-state index in [2.05, 4.69) is 0 Å². The molecule has 0 aromatic rings. The molecule has 0 heterocycles. The van der Waals surface area contributed by atoms with Crippen molar-refractivity contribution in [2.45, 2.75) is 38.7 Å². The van der Waals surface area contributed by atoms with Crippen LogP contribution in [0.3, 0.4) is 0 Å². The summed E-state index contributed by atoms with van der Waals surface area (Å²) in [6.45, 7) is 2.25. The zero-order valence-corrected chi connectivity index (χ0v) is 7.56. The summed E-state index contributed by atoms with van der Waals surface area (Å²) in [6, 6.07) is 0. The van der Waals surface area contributed by atoms with Crippen LogP contribution >= 0.6 is 0 Å². The minimum absolute atomic E-state index is 0.169. The Morgan fingerprint density at radius 1 is 1.45 bits per heavy atom. The van der Waals surface area contributed by atoms with Gasteiger partial charge in [0.1, 0.15) is 0 Å². The van der Waals surface area contributed by atoms with Gasteiger partial charge in [0, 0.05) is 0 Å². The highest BCUT2D eigenvalue weighted by atomic mass is 32.2. The van der Waals surface area contributed by atoms with Crippen LogP contribution in [0.4, 0.5) is 0 Å². The van der Waals surface area contributed by atoms with Gasteiger partial charge in [0.15, 0.2) is 0 Å². The van der Waals surface area contributed by atoms with Crippen LogP contribution in [0.1, 0.15) is 32.6 Å². The summed E-state index contributed by atoms with van der Waals surface area (Å²) >= 11 is -1.51. The fraction of sp³-hybridized carbons (Fsp3) is 1.00. The van der Waals surface area contributed by atoms with Crippen LogP contribution in [0.5, 0.6) is 0 Å². The van der Waals surface area contributed by atoms with E-state index in [1.807, 2.05) is 0 Å². The smallest absolute Gasteiger partial charge is 0.269 e. The quantitative estimate of drug-likeness (QED) is 0.655. The van der Waals surface area contributed by atoms with Gasteiger partial charge in [0.25, 0.3) is 0 Å². The average Bonchev–Trinajstić information content (AvgIpc) is 2.40. The molecule has 0 aromatic carbocycles. The maximum absolute atomic E-state index is 10.9. The van der Waals surface area contributed by atoms with Crippen molar-refractivity contribution >= 4 is 11.4 Å². The van der Waals surface area contributed by atoms with Gasteiger partial charge in [-0.3, -0.25) is 8.37 Å². The van der Waals surface area contributed by atoms with Crippen molar-refractivity contribution in [2.75, 3.05) is 6.61 Å². The van der Waals surface area contributed by atoms with Crippen molar-refractivity contribution in [3.8, 4) is 0 Å². The molecule has 0 bridgehead atoms. The van der Waals surface area contributed by atoms with Gasteiger partial charge in [-0.15, -0.1) is 0 Å². The van der Waals surface area contributed by atoms with Crippen molar-refractivity contribution in [3.05, 3.63) is 0 Å². The summed E-state index contributed by atoms with van der Waals surface area (Å²) in [7, 11) is 0. The van der Waals surface area contributed by atoms with Crippen molar-refractivity contribution in [3.63, 3.8) is 0 Å². The summed E-state index contributed by atoms with van der Waals surface area (Å²) in [4.78, 5) is 0. The first kappa shape index (κ1) is 9.16. The highest BCUT2D eigenvalue weighted by molar-refractivity contribution is 7.75. The molecule has 0 spiro atoms. The maximum atomic E-state index is 10.9. The van der Waals surface area contributed by atoms with Crippen LogP contribution in [0.2, 0.25) is 0 Å². The molecule has 0 saturated heterocycles. The number of rotatable bonds is 4. The van der Waals surface area contributed by atoms with E-state index >= 15 is 0 Å². The molecule has 0 N–H and O–H groups in total. The Hall–Kier alpha value is 0.0700. The minimum atomic E-state index is -1.51. The molecule has 0 amide bonds. The molecule has 66 valence electrons. The maximum Gasteiger partial charge on any atom is 0.304 e. The van der Waals surface area contributed by atoms with E-state index in [4.69, 9.17) is 8.37 Å². The topological polar surface area (TPSA) is 35.5 Å². The summed E-state index contributed by atoms with van der Waals surface area (Å²) in [5.74, 6) is 0. The third-order valence-corrected chi connectivity index (χ3v) is 2.59. The molecular formula is C7H14O3S. The highest BCUT2D eigenvalue weighted by Gasteiger charge is 2.18. The lowest BCUT2D eigenvalue weighted by Crippen LogP contribution is -2.11. The molecule has 0 aliphatic heterocycles. The van der Waals surface area contributed by atoms with Crippen molar-refractivity contribution in [1.29, 1.82) is 0 Å². The van der Waals surface area contributed by atoms with E-state index in [-0.39, 0.29) is 6.10 Å². The molecule has 1 atom stereocenters. The Balaban J connectivity index is 2.13. The van der Waals surface area contributed by atoms with Gasteiger partial charge in [-0.05, 0) is 19.8 Å². The lowest BCUT2D eigenvalue weighted by atomic mass is 10.3. The first-order valence-corrected chi connectivity index (χ1v) is 5.05. The molecule has 1 rings (SSSR count). The van der Waals surface area contributed by atoms with Gasteiger partial charge in [0.05, 0.1) is 12.7 Å². The second-order valence-electron chi connectivity index (χ2n) is 2.61. The van der Waals surface area contributed by atoms with Gasteiger partial charge in [-0.1, -0.05) is 12.8 Å². The normalized spacial score (nSPS) is 22.3. The monoisotopic (exact) mass is 178 g/mol. The molecule has 1 fully saturated rings. The van der Waals surface area contributed by atoms with E-state index in [1.165, 1.54) is 12.8 Å². The van der Waals surface area contributed by atoms with E-state index in [0.717, 1.165) is 12.8 Å². The Morgan fingerprint density at radius 3 is 2.64 bits per heavy atom. The summed E-state index contributed by atoms with van der Waals surface area (Å²) in [5, 5.41) is 0. The zero-order valence-electron chi connectivity index (χ0n) is 6.75. The lowest BCUT2D eigenvalue weighted by Gasteiger charge is -2.07. The lowest BCUT2D eigenvalue weighted by molar-refractivity contribution is 0.190. The van der Waals surface area contributed by atoms with Crippen LogP contribution < -0.4 is 0 Å². The van der Waals surface area contributed by atoms with E-state index in [1.54, 1.807) is 6.92 Å². The second-order valence-corrected chi connectivity index (χ2v) is 3.45. The molecule has 0 aromatic heterocycles. The molecule has 0 radical (unpaired) electrons. The van der Waals surface area contributed by atoms with Gasteiger partial charge in [0.2, 0.25) is 0 Å². The van der Waals surface area contributed by atoms with E-state index in [0.29, 0.717) is 6.61 Å². The van der Waals surface area contributed by atoms with Crippen molar-refractivity contribution in [1.82, 2.24) is 0 Å². The Kier molecular flexibility index (Phi) is 4.04. The average molecular weight is 178 g/mol. The van der Waals surface area contributed by atoms with Crippen LogP contribution in [0.25, 0.3) is 0 Å².